The smallest absolute Gasteiger partial charge is 0.163 e. The second kappa shape index (κ2) is 9.15. The van der Waals surface area contributed by atoms with E-state index in [2.05, 4.69) is 43.7 Å². The van der Waals surface area contributed by atoms with Gasteiger partial charge in [0.05, 0.1) is 29.3 Å². The molecule has 0 radical (unpaired) electrons. The highest BCUT2D eigenvalue weighted by Crippen LogP contribution is 2.34. The van der Waals surface area contributed by atoms with Crippen LogP contribution >= 0.6 is 0 Å². The number of hydrogen-bond acceptors (Lipinski definition) is 6. The first-order chi connectivity index (χ1) is 17.3. The normalized spacial score (nSPS) is 11.0. The molecule has 0 saturated heterocycles. The molecule has 4 aromatic heterocycles. The molecule has 0 bridgehead atoms. The SMILES string of the molecule is c1ccc(-c2cccc3nc(-c4cncc(-c5cn[nH]c5)c4)nc(NCc4ccccn4)c23)cc1. The number of pyridine rings is 2. The standard InChI is InChI=1S/C28H21N7/c1-2-7-19(8-3-1)24-10-6-11-25-26(24)28(31-18-23-9-4-5-12-30-23)35-27(34-25)21-13-20(14-29-15-21)22-16-32-33-17-22/h1-17H,18H2,(H,32,33)(H,31,34,35). The molecule has 35 heavy (non-hydrogen) atoms. The van der Waals surface area contributed by atoms with E-state index in [1.807, 2.05) is 67.0 Å². The van der Waals surface area contributed by atoms with Crippen LogP contribution in [0.1, 0.15) is 5.69 Å². The van der Waals surface area contributed by atoms with Crippen LogP contribution in [-0.4, -0.2) is 30.1 Å². The molecule has 2 aromatic carbocycles. The fourth-order valence-electron chi connectivity index (χ4n) is 4.10. The Morgan fingerprint density at radius 1 is 0.743 bits per heavy atom. The van der Waals surface area contributed by atoms with Crippen LogP contribution in [0, 0.1) is 0 Å². The summed E-state index contributed by atoms with van der Waals surface area (Å²) in [7, 11) is 0. The number of aromatic nitrogens is 6. The second-order valence-electron chi connectivity index (χ2n) is 8.09. The van der Waals surface area contributed by atoms with Gasteiger partial charge in [-0.25, -0.2) is 9.97 Å². The Labute approximate surface area is 202 Å². The van der Waals surface area contributed by atoms with Crippen molar-refractivity contribution >= 4 is 16.7 Å². The summed E-state index contributed by atoms with van der Waals surface area (Å²) in [5, 5.41) is 11.4. The molecule has 2 N–H and O–H groups in total. The van der Waals surface area contributed by atoms with E-state index in [0.29, 0.717) is 12.4 Å². The van der Waals surface area contributed by atoms with Gasteiger partial charge in [0.15, 0.2) is 5.82 Å². The van der Waals surface area contributed by atoms with Crippen molar-refractivity contribution in [3.63, 3.8) is 0 Å². The number of hydrogen-bond donors (Lipinski definition) is 2. The number of nitrogens with zero attached hydrogens (tertiary/aromatic N) is 5. The number of nitrogens with one attached hydrogen (secondary N) is 2. The van der Waals surface area contributed by atoms with Crippen molar-refractivity contribution < 1.29 is 0 Å². The van der Waals surface area contributed by atoms with Crippen molar-refractivity contribution in [2.24, 2.45) is 0 Å². The third-order valence-electron chi connectivity index (χ3n) is 5.80. The monoisotopic (exact) mass is 455 g/mol. The number of aromatic amines is 1. The molecule has 7 nitrogen and oxygen atoms in total. The average molecular weight is 456 g/mol. The minimum absolute atomic E-state index is 0.544. The van der Waals surface area contributed by atoms with Crippen molar-refractivity contribution in [3.8, 4) is 33.6 Å². The lowest BCUT2D eigenvalue weighted by Gasteiger charge is -2.14. The molecule has 0 unspecified atom stereocenters. The lowest BCUT2D eigenvalue weighted by molar-refractivity contribution is 1.03. The van der Waals surface area contributed by atoms with Gasteiger partial charge in [0.1, 0.15) is 5.82 Å². The molecule has 0 spiro atoms. The predicted molar refractivity (Wildman–Crippen MR) is 137 cm³/mol. The molecule has 0 aliphatic carbocycles. The van der Waals surface area contributed by atoms with Gasteiger partial charge >= 0.3 is 0 Å². The van der Waals surface area contributed by atoms with Gasteiger partial charge < -0.3 is 5.32 Å². The highest BCUT2D eigenvalue weighted by Gasteiger charge is 2.15. The first-order valence-electron chi connectivity index (χ1n) is 11.3. The van der Waals surface area contributed by atoms with Gasteiger partial charge in [-0.2, -0.15) is 5.10 Å². The van der Waals surface area contributed by atoms with E-state index in [9.17, 15) is 0 Å². The summed E-state index contributed by atoms with van der Waals surface area (Å²) in [6, 6.07) is 24.4. The van der Waals surface area contributed by atoms with Crippen LogP contribution in [0.3, 0.4) is 0 Å². The molecule has 0 aliphatic heterocycles. The topological polar surface area (TPSA) is 92.3 Å². The van der Waals surface area contributed by atoms with Crippen LogP contribution in [0.25, 0.3) is 44.5 Å². The van der Waals surface area contributed by atoms with Crippen molar-refractivity contribution in [3.05, 3.63) is 109 Å². The number of benzene rings is 2. The second-order valence-corrected chi connectivity index (χ2v) is 8.09. The first-order valence-corrected chi connectivity index (χ1v) is 11.3. The minimum atomic E-state index is 0.544. The summed E-state index contributed by atoms with van der Waals surface area (Å²) < 4.78 is 0. The van der Waals surface area contributed by atoms with Crippen LogP contribution in [0.5, 0.6) is 0 Å². The summed E-state index contributed by atoms with van der Waals surface area (Å²) in [6.07, 6.45) is 9.00. The maximum absolute atomic E-state index is 4.98. The third kappa shape index (κ3) is 4.22. The van der Waals surface area contributed by atoms with Gasteiger partial charge in [-0.15, -0.1) is 0 Å². The zero-order valence-corrected chi connectivity index (χ0v) is 18.8. The number of fused-ring (bicyclic) bond motifs is 1. The fraction of sp³-hybridized carbons (Fsp3) is 0.0357. The van der Waals surface area contributed by atoms with E-state index in [-0.39, 0.29) is 0 Å². The Kier molecular flexibility index (Phi) is 5.41. The molecule has 0 fully saturated rings. The Morgan fingerprint density at radius 2 is 1.63 bits per heavy atom. The molecular formula is C28H21N7. The van der Waals surface area contributed by atoms with E-state index in [1.54, 1.807) is 18.6 Å². The maximum Gasteiger partial charge on any atom is 0.163 e. The van der Waals surface area contributed by atoms with Crippen molar-refractivity contribution in [2.45, 2.75) is 6.54 Å². The Balaban J connectivity index is 1.50. The van der Waals surface area contributed by atoms with Gasteiger partial charge in [-0.3, -0.25) is 15.1 Å². The van der Waals surface area contributed by atoms with Gasteiger partial charge in [0, 0.05) is 41.5 Å². The van der Waals surface area contributed by atoms with Crippen LogP contribution in [0.2, 0.25) is 0 Å². The lowest BCUT2D eigenvalue weighted by Crippen LogP contribution is -2.06. The van der Waals surface area contributed by atoms with Gasteiger partial charge in [0.2, 0.25) is 0 Å². The largest absolute Gasteiger partial charge is 0.364 e. The Morgan fingerprint density at radius 3 is 2.46 bits per heavy atom. The average Bonchev–Trinajstić information content (AvgIpc) is 3.48. The molecule has 0 saturated carbocycles. The highest BCUT2D eigenvalue weighted by atomic mass is 15.1. The zero-order valence-electron chi connectivity index (χ0n) is 18.8. The molecular weight excluding hydrogens is 434 g/mol. The van der Waals surface area contributed by atoms with Crippen molar-refractivity contribution in [1.82, 2.24) is 30.1 Å². The molecule has 6 aromatic rings. The fourth-order valence-corrected chi connectivity index (χ4v) is 4.10. The van der Waals surface area contributed by atoms with Gasteiger partial charge in [0.25, 0.3) is 0 Å². The molecule has 7 heteroatoms. The van der Waals surface area contributed by atoms with Crippen molar-refractivity contribution in [1.29, 1.82) is 0 Å². The number of H-pyrrole nitrogens is 1. The number of anilines is 1. The molecule has 0 atom stereocenters. The Hall–Kier alpha value is -4.91. The van der Waals surface area contributed by atoms with Gasteiger partial charge in [-0.05, 0) is 35.4 Å². The van der Waals surface area contributed by atoms with E-state index < -0.39 is 0 Å². The quantitative estimate of drug-likeness (QED) is 0.332. The maximum atomic E-state index is 4.98. The predicted octanol–water partition coefficient (Wildman–Crippen LogP) is 5.76. The lowest BCUT2D eigenvalue weighted by atomic mass is 10.0. The Bertz CT molecular complexity index is 1580. The number of rotatable bonds is 6. The zero-order chi connectivity index (χ0) is 23.5. The van der Waals surface area contributed by atoms with Gasteiger partial charge in [-0.1, -0.05) is 48.5 Å². The van der Waals surface area contributed by atoms with Crippen LogP contribution < -0.4 is 5.32 Å². The summed E-state index contributed by atoms with van der Waals surface area (Å²) in [4.78, 5) is 18.8. The molecule has 0 amide bonds. The first kappa shape index (κ1) is 20.7. The highest BCUT2D eigenvalue weighted by molar-refractivity contribution is 6.02. The summed E-state index contributed by atoms with van der Waals surface area (Å²) in [5.41, 5.74) is 6.70. The van der Waals surface area contributed by atoms with E-state index in [4.69, 9.17) is 9.97 Å². The molecule has 6 rings (SSSR count). The van der Waals surface area contributed by atoms with E-state index in [1.165, 1.54) is 0 Å². The van der Waals surface area contributed by atoms with Crippen molar-refractivity contribution in [2.75, 3.05) is 5.32 Å². The summed E-state index contributed by atoms with van der Waals surface area (Å²) in [6.45, 7) is 0.544. The van der Waals surface area contributed by atoms with Crippen LogP contribution in [0.4, 0.5) is 5.82 Å². The van der Waals surface area contributed by atoms with Crippen LogP contribution in [-0.2, 0) is 6.54 Å². The van der Waals surface area contributed by atoms with Crippen LogP contribution in [0.15, 0.2) is 104 Å². The molecule has 0 aliphatic rings. The summed E-state index contributed by atoms with van der Waals surface area (Å²) in [5.74, 6) is 1.35. The molecule has 168 valence electrons. The third-order valence-corrected chi connectivity index (χ3v) is 5.80. The van der Waals surface area contributed by atoms with E-state index in [0.717, 1.165) is 50.2 Å². The molecule has 4 heterocycles. The summed E-state index contributed by atoms with van der Waals surface area (Å²) >= 11 is 0. The minimum Gasteiger partial charge on any atom is -0.364 e. The van der Waals surface area contributed by atoms with E-state index >= 15 is 0 Å².